The first-order valence-electron chi connectivity index (χ1n) is 9.69. The molecule has 1 saturated carbocycles. The molecule has 0 aromatic heterocycles. The molecule has 0 aromatic carbocycles. The van der Waals surface area contributed by atoms with Crippen LogP contribution in [0.4, 0.5) is 0 Å². The molecular weight excluding hydrogens is 445 g/mol. The Morgan fingerprint density at radius 1 is 1.19 bits per heavy atom. The minimum Gasteiger partial charge on any atom is -0.370 e. The second-order valence-electron chi connectivity index (χ2n) is 7.13. The molecule has 1 aliphatic heterocycles. The zero-order valence-corrected chi connectivity index (χ0v) is 18.2. The third-order valence-corrected chi connectivity index (χ3v) is 5.01. The van der Waals surface area contributed by atoms with Crippen molar-refractivity contribution >= 4 is 41.8 Å². The van der Waals surface area contributed by atoms with E-state index in [0.29, 0.717) is 25.4 Å². The fourth-order valence-electron chi connectivity index (χ4n) is 3.42. The lowest BCUT2D eigenvalue weighted by Gasteiger charge is -2.34. The standard InChI is InChI=1S/C18H33N5O2.HI/c1-2-20-18(23-11-4-6-14(13-23)12-16(19)24)22-10-5-9-21-17(25)15-7-3-8-15;/h14-15H,2-13H2,1H3,(H2,19,24)(H,20,22)(H,21,25);1H. The molecule has 0 bridgehead atoms. The molecule has 0 radical (unpaired) electrons. The number of likely N-dealkylation sites (tertiary alicyclic amines) is 1. The van der Waals surface area contributed by atoms with E-state index in [1.165, 1.54) is 6.42 Å². The van der Waals surface area contributed by atoms with Crippen LogP contribution in [0.1, 0.15) is 51.9 Å². The van der Waals surface area contributed by atoms with Crippen LogP contribution >= 0.6 is 24.0 Å². The topological polar surface area (TPSA) is 99.8 Å². The number of nitrogens with one attached hydrogen (secondary N) is 2. The number of halogens is 1. The maximum Gasteiger partial charge on any atom is 0.223 e. The molecule has 4 N–H and O–H groups in total. The monoisotopic (exact) mass is 479 g/mol. The normalized spacial score (nSPS) is 20.7. The van der Waals surface area contributed by atoms with E-state index in [1.54, 1.807) is 0 Å². The Hall–Kier alpha value is -1.06. The van der Waals surface area contributed by atoms with E-state index < -0.39 is 0 Å². The molecule has 7 nitrogen and oxygen atoms in total. The highest BCUT2D eigenvalue weighted by molar-refractivity contribution is 14.0. The van der Waals surface area contributed by atoms with Crippen LogP contribution in [-0.4, -0.2) is 55.4 Å². The molecule has 1 saturated heterocycles. The molecule has 0 aromatic rings. The summed E-state index contributed by atoms with van der Waals surface area (Å²) in [5, 5.41) is 6.34. The summed E-state index contributed by atoms with van der Waals surface area (Å²) in [7, 11) is 0. The number of aliphatic imine (C=N–C) groups is 1. The zero-order valence-electron chi connectivity index (χ0n) is 15.8. The number of piperidine rings is 1. The van der Waals surface area contributed by atoms with E-state index in [9.17, 15) is 9.59 Å². The summed E-state index contributed by atoms with van der Waals surface area (Å²) in [6.45, 7) is 6.02. The molecule has 2 aliphatic rings. The van der Waals surface area contributed by atoms with Crippen molar-refractivity contribution in [3.05, 3.63) is 0 Å². The lowest BCUT2D eigenvalue weighted by molar-refractivity contribution is -0.127. The van der Waals surface area contributed by atoms with Crippen molar-refractivity contribution in [2.75, 3.05) is 32.7 Å². The van der Waals surface area contributed by atoms with Crippen molar-refractivity contribution in [2.24, 2.45) is 22.6 Å². The highest BCUT2D eigenvalue weighted by Gasteiger charge is 2.25. The predicted octanol–water partition coefficient (Wildman–Crippen LogP) is 1.46. The number of carbonyl (C=O) groups excluding carboxylic acids is 2. The van der Waals surface area contributed by atoms with Gasteiger partial charge in [-0.25, -0.2) is 0 Å². The van der Waals surface area contributed by atoms with Crippen molar-refractivity contribution in [3.63, 3.8) is 0 Å². The SMILES string of the molecule is CCNC(=NCCCNC(=O)C1CCC1)N1CCCC(CC(N)=O)C1.I. The molecule has 1 atom stereocenters. The molecule has 1 aliphatic carbocycles. The number of primary amides is 1. The Labute approximate surface area is 173 Å². The van der Waals surface area contributed by atoms with Gasteiger partial charge in [0.25, 0.3) is 0 Å². The number of nitrogens with zero attached hydrogens (tertiary/aromatic N) is 2. The number of rotatable bonds is 8. The summed E-state index contributed by atoms with van der Waals surface area (Å²) in [4.78, 5) is 29.9. The Morgan fingerprint density at radius 2 is 1.96 bits per heavy atom. The molecule has 0 spiro atoms. The third-order valence-electron chi connectivity index (χ3n) is 5.01. The smallest absolute Gasteiger partial charge is 0.223 e. The zero-order chi connectivity index (χ0) is 18.1. The Balaban J connectivity index is 0.00000338. The van der Waals surface area contributed by atoms with E-state index in [1.807, 2.05) is 0 Å². The molecule has 1 heterocycles. The molecule has 8 heteroatoms. The van der Waals surface area contributed by atoms with Gasteiger partial charge in [-0.1, -0.05) is 6.42 Å². The number of nitrogens with two attached hydrogens (primary N) is 1. The fourth-order valence-corrected chi connectivity index (χ4v) is 3.42. The van der Waals surface area contributed by atoms with Crippen molar-refractivity contribution in [1.29, 1.82) is 0 Å². The summed E-state index contributed by atoms with van der Waals surface area (Å²) in [6.07, 6.45) is 6.65. The van der Waals surface area contributed by atoms with E-state index in [0.717, 1.165) is 57.7 Å². The van der Waals surface area contributed by atoms with Crippen LogP contribution in [0.5, 0.6) is 0 Å². The predicted molar refractivity (Wildman–Crippen MR) is 114 cm³/mol. The van der Waals surface area contributed by atoms with E-state index >= 15 is 0 Å². The Bertz CT molecular complexity index is 482. The van der Waals surface area contributed by atoms with Gasteiger partial charge in [-0.05, 0) is 44.9 Å². The Morgan fingerprint density at radius 3 is 2.58 bits per heavy atom. The van der Waals surface area contributed by atoms with Crippen LogP contribution < -0.4 is 16.4 Å². The second-order valence-corrected chi connectivity index (χ2v) is 7.13. The largest absolute Gasteiger partial charge is 0.370 e. The minimum atomic E-state index is -0.226. The van der Waals surface area contributed by atoms with Gasteiger partial charge in [0.05, 0.1) is 0 Å². The average Bonchev–Trinajstić information content (AvgIpc) is 2.51. The summed E-state index contributed by atoms with van der Waals surface area (Å²) < 4.78 is 0. The summed E-state index contributed by atoms with van der Waals surface area (Å²) >= 11 is 0. The van der Waals surface area contributed by atoms with Gasteiger partial charge in [0.2, 0.25) is 11.8 Å². The first-order chi connectivity index (χ1) is 12.1. The van der Waals surface area contributed by atoms with E-state index in [-0.39, 0.29) is 41.7 Å². The molecule has 2 fully saturated rings. The Kier molecular flexibility index (Phi) is 10.9. The molecule has 1 unspecified atom stereocenters. The van der Waals surface area contributed by atoms with Crippen molar-refractivity contribution in [3.8, 4) is 0 Å². The maximum absolute atomic E-state index is 11.8. The van der Waals surface area contributed by atoms with E-state index in [2.05, 4.69) is 22.5 Å². The van der Waals surface area contributed by atoms with Crippen LogP contribution in [0.15, 0.2) is 4.99 Å². The van der Waals surface area contributed by atoms with Crippen molar-refractivity contribution in [2.45, 2.75) is 51.9 Å². The van der Waals surface area contributed by atoms with Gasteiger partial charge in [-0.2, -0.15) is 0 Å². The van der Waals surface area contributed by atoms with Crippen LogP contribution in [0.3, 0.4) is 0 Å². The lowest BCUT2D eigenvalue weighted by atomic mass is 9.85. The molecule has 26 heavy (non-hydrogen) atoms. The summed E-state index contributed by atoms with van der Waals surface area (Å²) in [5.41, 5.74) is 5.34. The average molecular weight is 479 g/mol. The van der Waals surface area contributed by atoms with Crippen LogP contribution in [0, 0.1) is 11.8 Å². The number of hydrogen-bond donors (Lipinski definition) is 3. The van der Waals surface area contributed by atoms with Gasteiger partial charge in [-0.15, -0.1) is 24.0 Å². The number of guanidine groups is 1. The first kappa shape index (κ1) is 23.0. The van der Waals surface area contributed by atoms with Crippen molar-refractivity contribution < 1.29 is 9.59 Å². The number of hydrogen-bond acceptors (Lipinski definition) is 3. The highest BCUT2D eigenvalue weighted by Crippen LogP contribution is 2.26. The number of amides is 2. The minimum absolute atomic E-state index is 0. The van der Waals surface area contributed by atoms with E-state index in [4.69, 9.17) is 10.7 Å². The first-order valence-corrected chi connectivity index (χ1v) is 9.69. The summed E-state index contributed by atoms with van der Waals surface area (Å²) in [5.74, 6) is 1.44. The van der Waals surface area contributed by atoms with Crippen LogP contribution in [0.25, 0.3) is 0 Å². The van der Waals surface area contributed by atoms with Gasteiger partial charge >= 0.3 is 0 Å². The van der Waals surface area contributed by atoms with Crippen LogP contribution in [0.2, 0.25) is 0 Å². The van der Waals surface area contributed by atoms with Gasteiger partial charge in [0.15, 0.2) is 5.96 Å². The van der Waals surface area contributed by atoms with Crippen LogP contribution in [-0.2, 0) is 9.59 Å². The van der Waals surface area contributed by atoms with Gasteiger partial charge in [-0.3, -0.25) is 14.6 Å². The van der Waals surface area contributed by atoms with Gasteiger partial charge in [0, 0.05) is 45.1 Å². The van der Waals surface area contributed by atoms with Gasteiger partial charge < -0.3 is 21.3 Å². The summed E-state index contributed by atoms with van der Waals surface area (Å²) in [6, 6.07) is 0. The molecule has 150 valence electrons. The highest BCUT2D eigenvalue weighted by atomic mass is 127. The fraction of sp³-hybridized carbons (Fsp3) is 0.833. The second kappa shape index (κ2) is 12.3. The lowest BCUT2D eigenvalue weighted by Crippen LogP contribution is -2.47. The molecule has 2 rings (SSSR count). The van der Waals surface area contributed by atoms with Crippen molar-refractivity contribution in [1.82, 2.24) is 15.5 Å². The maximum atomic E-state index is 11.8. The number of carbonyl (C=O) groups is 2. The quantitative estimate of drug-likeness (QED) is 0.213. The van der Waals surface area contributed by atoms with Gasteiger partial charge in [0.1, 0.15) is 0 Å². The molecule has 2 amide bonds. The molecular formula is C18H34IN5O2. The third kappa shape index (κ3) is 7.67.